The Labute approximate surface area is 78.8 Å². The van der Waals surface area contributed by atoms with Crippen molar-refractivity contribution in [2.45, 2.75) is 9.79 Å². The topological polar surface area (TPSA) is 0 Å². The maximum Gasteiger partial charge on any atom is 0.0276 e. The highest BCUT2D eigenvalue weighted by molar-refractivity contribution is 8.77. The summed E-state index contributed by atoms with van der Waals surface area (Å²) < 4.78 is 0. The van der Waals surface area contributed by atoms with Crippen LogP contribution in [0.25, 0.3) is 10.8 Å². The van der Waals surface area contributed by atoms with Crippen molar-refractivity contribution >= 4 is 32.4 Å². The largest absolute Gasteiger partial charge is 0.0605 e. The van der Waals surface area contributed by atoms with Gasteiger partial charge in [-0.2, -0.15) is 0 Å². The second kappa shape index (κ2) is 2.44. The molecule has 0 unspecified atom stereocenters. The van der Waals surface area contributed by atoms with Gasteiger partial charge in [0.2, 0.25) is 0 Å². The molecule has 1 aliphatic heterocycles. The number of rotatable bonds is 0. The van der Waals surface area contributed by atoms with Crippen LogP contribution in [-0.4, -0.2) is 0 Å². The van der Waals surface area contributed by atoms with Crippen molar-refractivity contribution in [3.05, 3.63) is 36.4 Å². The van der Waals surface area contributed by atoms with E-state index in [9.17, 15) is 0 Å². The molecule has 0 nitrogen and oxygen atoms in total. The molecule has 0 radical (unpaired) electrons. The summed E-state index contributed by atoms with van der Waals surface area (Å²) in [7, 11) is 3.73. The fourth-order valence-corrected chi connectivity index (χ4v) is 4.01. The van der Waals surface area contributed by atoms with Gasteiger partial charge in [-0.05, 0) is 17.5 Å². The van der Waals surface area contributed by atoms with Gasteiger partial charge < -0.3 is 0 Å². The molecule has 2 heteroatoms. The lowest BCUT2D eigenvalue weighted by Crippen LogP contribution is -1.72. The summed E-state index contributed by atoms with van der Waals surface area (Å²) in [5.74, 6) is 0. The second-order valence-corrected chi connectivity index (χ2v) is 4.99. The minimum absolute atomic E-state index is 1.36. The van der Waals surface area contributed by atoms with Gasteiger partial charge in [0.25, 0.3) is 0 Å². The molecule has 3 rings (SSSR count). The second-order valence-electron chi connectivity index (χ2n) is 2.78. The SMILES string of the molecule is c1cc2c3c(cccc3c1)SS2. The molecule has 0 saturated heterocycles. The lowest BCUT2D eigenvalue weighted by molar-refractivity contribution is 1.47. The average molecular weight is 190 g/mol. The summed E-state index contributed by atoms with van der Waals surface area (Å²) in [5, 5.41) is 2.80. The smallest absolute Gasteiger partial charge is 0.0276 e. The molecule has 2 aromatic carbocycles. The van der Waals surface area contributed by atoms with E-state index in [1.807, 2.05) is 21.6 Å². The van der Waals surface area contributed by atoms with Crippen LogP contribution in [-0.2, 0) is 0 Å². The average Bonchev–Trinajstić information content (AvgIpc) is 2.52. The third-order valence-corrected chi connectivity index (χ3v) is 4.50. The Kier molecular flexibility index (Phi) is 1.40. The van der Waals surface area contributed by atoms with Crippen molar-refractivity contribution < 1.29 is 0 Å². The maximum absolute atomic E-state index is 2.19. The van der Waals surface area contributed by atoms with E-state index >= 15 is 0 Å². The number of benzene rings is 2. The molecule has 0 saturated carbocycles. The highest BCUT2D eigenvalue weighted by Gasteiger charge is 2.13. The monoisotopic (exact) mass is 190 g/mol. The first-order valence-electron chi connectivity index (χ1n) is 3.81. The van der Waals surface area contributed by atoms with E-state index in [0.717, 1.165) is 0 Å². The van der Waals surface area contributed by atoms with E-state index in [1.54, 1.807) is 0 Å². The maximum atomic E-state index is 2.19. The first kappa shape index (κ1) is 6.87. The predicted molar refractivity (Wildman–Crippen MR) is 55.7 cm³/mol. The van der Waals surface area contributed by atoms with Crippen molar-refractivity contribution in [1.82, 2.24) is 0 Å². The van der Waals surface area contributed by atoms with Crippen LogP contribution >= 0.6 is 21.6 Å². The van der Waals surface area contributed by atoms with Crippen molar-refractivity contribution in [2.75, 3.05) is 0 Å². The van der Waals surface area contributed by atoms with Crippen molar-refractivity contribution in [3.8, 4) is 0 Å². The molecule has 0 aliphatic carbocycles. The summed E-state index contributed by atoms with van der Waals surface area (Å²) >= 11 is 0. The van der Waals surface area contributed by atoms with Crippen LogP contribution in [0.15, 0.2) is 46.2 Å². The summed E-state index contributed by atoms with van der Waals surface area (Å²) in [5.41, 5.74) is 0. The normalized spacial score (nSPS) is 14.0. The first-order valence-corrected chi connectivity index (χ1v) is 5.96. The molecular formula is C10H6S2. The van der Waals surface area contributed by atoms with Crippen LogP contribution in [0.4, 0.5) is 0 Å². The van der Waals surface area contributed by atoms with Crippen molar-refractivity contribution in [1.29, 1.82) is 0 Å². The van der Waals surface area contributed by atoms with E-state index in [1.165, 1.54) is 20.6 Å². The van der Waals surface area contributed by atoms with Gasteiger partial charge in [0.05, 0.1) is 0 Å². The predicted octanol–water partition coefficient (Wildman–Crippen LogP) is 3.95. The van der Waals surface area contributed by atoms with Gasteiger partial charge in [-0.15, -0.1) is 0 Å². The van der Waals surface area contributed by atoms with Gasteiger partial charge in [-0.1, -0.05) is 45.9 Å². The van der Waals surface area contributed by atoms with Gasteiger partial charge in [0, 0.05) is 15.2 Å². The van der Waals surface area contributed by atoms with Gasteiger partial charge in [0.15, 0.2) is 0 Å². The quantitative estimate of drug-likeness (QED) is 0.577. The number of hydrogen-bond acceptors (Lipinski definition) is 2. The zero-order valence-electron chi connectivity index (χ0n) is 6.28. The summed E-state index contributed by atoms with van der Waals surface area (Å²) in [6, 6.07) is 13.0. The fraction of sp³-hybridized carbons (Fsp3) is 0. The van der Waals surface area contributed by atoms with Crippen LogP contribution in [0.5, 0.6) is 0 Å². The van der Waals surface area contributed by atoms with Crippen molar-refractivity contribution in [3.63, 3.8) is 0 Å². The van der Waals surface area contributed by atoms with Gasteiger partial charge in [-0.25, -0.2) is 0 Å². The van der Waals surface area contributed by atoms with E-state index in [2.05, 4.69) is 36.4 Å². The van der Waals surface area contributed by atoms with E-state index in [-0.39, 0.29) is 0 Å². The minimum Gasteiger partial charge on any atom is -0.0605 e. The Morgan fingerprint density at radius 1 is 0.750 bits per heavy atom. The minimum atomic E-state index is 1.36. The highest BCUT2D eigenvalue weighted by atomic mass is 33.1. The van der Waals surface area contributed by atoms with Crippen LogP contribution in [0.3, 0.4) is 0 Å². The van der Waals surface area contributed by atoms with Gasteiger partial charge in [-0.3, -0.25) is 0 Å². The molecule has 0 fully saturated rings. The Hall–Kier alpha value is -0.600. The van der Waals surface area contributed by atoms with Crippen molar-refractivity contribution in [2.24, 2.45) is 0 Å². The first-order chi connectivity index (χ1) is 5.95. The molecule has 58 valence electrons. The molecule has 12 heavy (non-hydrogen) atoms. The number of hydrogen-bond donors (Lipinski definition) is 0. The van der Waals surface area contributed by atoms with E-state index in [0.29, 0.717) is 0 Å². The summed E-state index contributed by atoms with van der Waals surface area (Å²) in [6.45, 7) is 0. The van der Waals surface area contributed by atoms with Crippen LogP contribution < -0.4 is 0 Å². The lowest BCUT2D eigenvalue weighted by atomic mass is 10.1. The lowest BCUT2D eigenvalue weighted by Gasteiger charge is -1.97. The molecule has 0 atom stereocenters. The van der Waals surface area contributed by atoms with Crippen LogP contribution in [0, 0.1) is 0 Å². The van der Waals surface area contributed by atoms with Crippen LogP contribution in [0.1, 0.15) is 0 Å². The molecular weight excluding hydrogens is 184 g/mol. The Balaban J connectivity index is 2.58. The molecule has 0 N–H and O–H groups in total. The molecule has 0 amide bonds. The summed E-state index contributed by atoms with van der Waals surface area (Å²) in [4.78, 5) is 2.82. The third-order valence-electron chi connectivity index (χ3n) is 2.05. The molecule has 0 bridgehead atoms. The van der Waals surface area contributed by atoms with E-state index in [4.69, 9.17) is 0 Å². The van der Waals surface area contributed by atoms with Gasteiger partial charge >= 0.3 is 0 Å². The zero-order valence-corrected chi connectivity index (χ0v) is 7.91. The Morgan fingerprint density at radius 3 is 1.92 bits per heavy atom. The standard InChI is InChI=1S/C10H6S2/c1-3-7-4-2-6-9-10(7)8(5-1)11-12-9/h1-6H. The Morgan fingerprint density at radius 2 is 1.33 bits per heavy atom. The molecule has 0 spiro atoms. The fourth-order valence-electron chi connectivity index (χ4n) is 1.50. The Bertz CT molecular complexity index is 410. The molecule has 2 aromatic rings. The van der Waals surface area contributed by atoms with E-state index < -0.39 is 0 Å². The molecule has 0 aromatic heterocycles. The zero-order chi connectivity index (χ0) is 7.97. The summed E-state index contributed by atoms with van der Waals surface area (Å²) in [6.07, 6.45) is 0. The van der Waals surface area contributed by atoms with Gasteiger partial charge in [0.1, 0.15) is 0 Å². The third kappa shape index (κ3) is 0.822. The highest BCUT2D eigenvalue weighted by Crippen LogP contribution is 2.50. The molecule has 1 heterocycles. The molecule has 1 aliphatic rings. The van der Waals surface area contributed by atoms with Crippen LogP contribution in [0.2, 0.25) is 0 Å².